The van der Waals surface area contributed by atoms with E-state index in [1.165, 1.54) is 0 Å². The summed E-state index contributed by atoms with van der Waals surface area (Å²) in [4.78, 5) is 0. The van der Waals surface area contributed by atoms with E-state index in [4.69, 9.17) is 4.74 Å². The van der Waals surface area contributed by atoms with E-state index in [0.29, 0.717) is 6.61 Å². The quantitative estimate of drug-likeness (QED) is 0.584. The van der Waals surface area contributed by atoms with Gasteiger partial charge < -0.3 is 4.74 Å². The topological polar surface area (TPSA) is 9.23 Å². The van der Waals surface area contributed by atoms with Gasteiger partial charge in [0.2, 0.25) is 0 Å². The van der Waals surface area contributed by atoms with Crippen LogP contribution in [0.5, 0.6) is 0 Å². The highest BCUT2D eigenvalue weighted by atomic mass is 16.5. The van der Waals surface area contributed by atoms with Gasteiger partial charge in [0, 0.05) is 5.57 Å². The molecule has 0 radical (unpaired) electrons. The molecule has 0 bridgehead atoms. The SMILES string of the molecule is C=CC1=C(/C=C\C)OCC1=C. The van der Waals surface area contributed by atoms with Gasteiger partial charge in [-0.1, -0.05) is 25.3 Å². The molecule has 1 rings (SSSR count). The van der Waals surface area contributed by atoms with Crippen LogP contribution >= 0.6 is 0 Å². The van der Waals surface area contributed by atoms with Gasteiger partial charge in [-0.3, -0.25) is 0 Å². The zero-order valence-electron chi connectivity index (χ0n) is 6.76. The summed E-state index contributed by atoms with van der Waals surface area (Å²) in [5, 5.41) is 0. The summed E-state index contributed by atoms with van der Waals surface area (Å²) in [5.74, 6) is 0.882. The molecule has 0 amide bonds. The van der Waals surface area contributed by atoms with E-state index in [1.807, 2.05) is 19.1 Å². The summed E-state index contributed by atoms with van der Waals surface area (Å²) in [6.07, 6.45) is 5.65. The van der Waals surface area contributed by atoms with Crippen LogP contribution in [0.25, 0.3) is 0 Å². The Kier molecular flexibility index (Phi) is 2.32. The number of rotatable bonds is 2. The maximum absolute atomic E-state index is 5.33. The molecule has 0 aliphatic carbocycles. The maximum Gasteiger partial charge on any atom is 0.127 e. The molecule has 58 valence electrons. The largest absolute Gasteiger partial charge is 0.488 e. The lowest BCUT2D eigenvalue weighted by Gasteiger charge is -1.94. The fourth-order valence-corrected chi connectivity index (χ4v) is 1.03. The summed E-state index contributed by atoms with van der Waals surface area (Å²) in [6, 6.07) is 0. The predicted octanol–water partition coefficient (Wildman–Crippen LogP) is 2.59. The molecule has 0 aromatic heterocycles. The Morgan fingerprint density at radius 1 is 1.55 bits per heavy atom. The average molecular weight is 148 g/mol. The number of hydrogen-bond acceptors (Lipinski definition) is 1. The molecule has 1 aliphatic heterocycles. The summed E-state index contributed by atoms with van der Waals surface area (Å²) in [6.45, 7) is 10.1. The molecule has 1 heterocycles. The van der Waals surface area contributed by atoms with Crippen LogP contribution in [0.1, 0.15) is 6.92 Å². The molecular weight excluding hydrogens is 136 g/mol. The van der Waals surface area contributed by atoms with Crippen molar-refractivity contribution in [3.8, 4) is 0 Å². The molecule has 0 saturated heterocycles. The summed E-state index contributed by atoms with van der Waals surface area (Å²) in [5.41, 5.74) is 2.04. The van der Waals surface area contributed by atoms with Crippen molar-refractivity contribution in [3.63, 3.8) is 0 Å². The molecule has 1 aliphatic rings. The molecule has 0 unspecified atom stereocenters. The molecule has 0 saturated carbocycles. The lowest BCUT2D eigenvalue weighted by Crippen LogP contribution is -1.81. The second-order valence-corrected chi connectivity index (χ2v) is 2.37. The highest BCUT2D eigenvalue weighted by Crippen LogP contribution is 2.24. The number of allylic oxidation sites excluding steroid dienone is 3. The molecule has 0 spiro atoms. The monoisotopic (exact) mass is 148 g/mol. The van der Waals surface area contributed by atoms with Crippen LogP contribution in [-0.4, -0.2) is 6.61 Å². The molecule has 1 nitrogen and oxygen atoms in total. The molecule has 0 fully saturated rings. The van der Waals surface area contributed by atoms with Crippen LogP contribution in [0, 0.1) is 0 Å². The first kappa shape index (κ1) is 7.86. The third-order valence-electron chi connectivity index (χ3n) is 1.57. The second kappa shape index (κ2) is 3.24. The fourth-order valence-electron chi connectivity index (χ4n) is 1.03. The maximum atomic E-state index is 5.33. The minimum absolute atomic E-state index is 0.598. The van der Waals surface area contributed by atoms with Gasteiger partial charge in [0.1, 0.15) is 12.4 Å². The van der Waals surface area contributed by atoms with Crippen LogP contribution in [0.3, 0.4) is 0 Å². The molecule has 1 heteroatoms. The second-order valence-electron chi connectivity index (χ2n) is 2.37. The smallest absolute Gasteiger partial charge is 0.127 e. The zero-order valence-corrected chi connectivity index (χ0v) is 6.76. The Morgan fingerprint density at radius 2 is 2.27 bits per heavy atom. The lowest BCUT2D eigenvalue weighted by molar-refractivity contribution is 0.274. The Bertz CT molecular complexity index is 244. The summed E-state index contributed by atoms with van der Waals surface area (Å²) >= 11 is 0. The van der Waals surface area contributed by atoms with Crippen molar-refractivity contribution in [1.82, 2.24) is 0 Å². The molecular formula is C10H12O. The van der Waals surface area contributed by atoms with Crippen molar-refractivity contribution in [3.05, 3.63) is 48.3 Å². The number of ether oxygens (including phenoxy) is 1. The summed E-state index contributed by atoms with van der Waals surface area (Å²) < 4.78 is 5.33. The molecule has 11 heavy (non-hydrogen) atoms. The molecule has 0 atom stereocenters. The van der Waals surface area contributed by atoms with Gasteiger partial charge in [-0.25, -0.2) is 0 Å². The van der Waals surface area contributed by atoms with Gasteiger partial charge in [-0.15, -0.1) is 0 Å². The molecule has 0 N–H and O–H groups in total. The summed E-state index contributed by atoms with van der Waals surface area (Å²) in [7, 11) is 0. The first-order valence-corrected chi connectivity index (χ1v) is 3.60. The van der Waals surface area contributed by atoms with Gasteiger partial charge in [0.05, 0.1) is 0 Å². The third-order valence-corrected chi connectivity index (χ3v) is 1.57. The van der Waals surface area contributed by atoms with Crippen LogP contribution in [0.15, 0.2) is 48.3 Å². The van der Waals surface area contributed by atoms with E-state index in [9.17, 15) is 0 Å². The third kappa shape index (κ3) is 1.43. The minimum atomic E-state index is 0.598. The van der Waals surface area contributed by atoms with Gasteiger partial charge in [0.25, 0.3) is 0 Å². The first-order valence-electron chi connectivity index (χ1n) is 3.60. The highest BCUT2D eigenvalue weighted by molar-refractivity contribution is 5.46. The van der Waals surface area contributed by atoms with Crippen molar-refractivity contribution >= 4 is 0 Å². The first-order chi connectivity index (χ1) is 5.29. The standard InChI is InChI=1S/C10H12O/c1-4-6-10-9(5-2)8(3)7-11-10/h4-6H,2-3,7H2,1H3/b6-4-. The van der Waals surface area contributed by atoms with Crippen LogP contribution in [-0.2, 0) is 4.74 Å². The minimum Gasteiger partial charge on any atom is -0.488 e. The van der Waals surface area contributed by atoms with Crippen molar-refractivity contribution in [2.75, 3.05) is 6.61 Å². The normalized spacial score (nSPS) is 17.7. The Labute approximate surface area is 67.4 Å². The van der Waals surface area contributed by atoms with Crippen molar-refractivity contribution < 1.29 is 4.74 Å². The Balaban J connectivity index is 2.97. The van der Waals surface area contributed by atoms with Crippen molar-refractivity contribution in [1.29, 1.82) is 0 Å². The van der Waals surface area contributed by atoms with E-state index >= 15 is 0 Å². The van der Waals surface area contributed by atoms with Crippen LogP contribution < -0.4 is 0 Å². The Morgan fingerprint density at radius 3 is 2.82 bits per heavy atom. The number of hydrogen-bond donors (Lipinski definition) is 0. The van der Waals surface area contributed by atoms with E-state index in [0.717, 1.165) is 16.9 Å². The zero-order chi connectivity index (χ0) is 8.27. The lowest BCUT2D eigenvalue weighted by atomic mass is 10.1. The van der Waals surface area contributed by atoms with E-state index < -0.39 is 0 Å². The average Bonchev–Trinajstić information content (AvgIpc) is 2.33. The van der Waals surface area contributed by atoms with Gasteiger partial charge in [-0.05, 0) is 18.6 Å². The van der Waals surface area contributed by atoms with Crippen LogP contribution in [0.2, 0.25) is 0 Å². The van der Waals surface area contributed by atoms with Crippen LogP contribution in [0.4, 0.5) is 0 Å². The van der Waals surface area contributed by atoms with Gasteiger partial charge in [0.15, 0.2) is 0 Å². The van der Waals surface area contributed by atoms with E-state index in [2.05, 4.69) is 13.2 Å². The van der Waals surface area contributed by atoms with Gasteiger partial charge in [-0.2, -0.15) is 0 Å². The predicted molar refractivity (Wildman–Crippen MR) is 47.1 cm³/mol. The van der Waals surface area contributed by atoms with Crippen molar-refractivity contribution in [2.45, 2.75) is 6.92 Å². The highest BCUT2D eigenvalue weighted by Gasteiger charge is 2.13. The Hall–Kier alpha value is -1.24. The van der Waals surface area contributed by atoms with E-state index in [-0.39, 0.29) is 0 Å². The van der Waals surface area contributed by atoms with Gasteiger partial charge >= 0.3 is 0 Å². The molecule has 0 aromatic rings. The fraction of sp³-hybridized carbons (Fsp3) is 0.200. The van der Waals surface area contributed by atoms with E-state index in [1.54, 1.807) is 6.08 Å². The molecule has 0 aromatic carbocycles. The van der Waals surface area contributed by atoms with Crippen molar-refractivity contribution in [2.24, 2.45) is 0 Å².